The largest absolute Gasteiger partial charge is 0.347 e. The van der Waals surface area contributed by atoms with Gasteiger partial charge in [0.15, 0.2) is 5.82 Å². The highest BCUT2D eigenvalue weighted by atomic mass is 16.5. The number of amides is 1. The van der Waals surface area contributed by atoms with Crippen LogP contribution in [0.3, 0.4) is 0 Å². The molecule has 1 aromatic heterocycles. The topological polar surface area (TPSA) is 74.5 Å². The van der Waals surface area contributed by atoms with Crippen LogP contribution in [0.25, 0.3) is 0 Å². The van der Waals surface area contributed by atoms with Crippen LogP contribution in [0.1, 0.15) is 25.6 Å². The molecule has 1 fully saturated rings. The molecule has 7 heteroatoms. The summed E-state index contributed by atoms with van der Waals surface area (Å²) in [4.78, 5) is 20.4. The standard InChI is InChI=1S/C14H25N5O2/c1-10(2)7-13-16-12(17-21-13)9-19-6-5-15-8-11(19)14(20)18(3)4/h10-11,15H,5-9H2,1-4H3. The SMILES string of the molecule is CC(C)Cc1nc(CN2CCNCC2C(=O)N(C)C)no1. The van der Waals surface area contributed by atoms with E-state index in [1.54, 1.807) is 19.0 Å². The molecule has 1 unspecified atom stereocenters. The number of carbonyl (C=O) groups excluding carboxylic acids is 1. The Bertz CT molecular complexity index is 472. The predicted molar refractivity (Wildman–Crippen MR) is 78.6 cm³/mol. The zero-order valence-electron chi connectivity index (χ0n) is 13.3. The van der Waals surface area contributed by atoms with E-state index in [-0.39, 0.29) is 11.9 Å². The van der Waals surface area contributed by atoms with Crippen molar-refractivity contribution < 1.29 is 9.32 Å². The fourth-order valence-electron chi connectivity index (χ4n) is 2.45. The van der Waals surface area contributed by atoms with Crippen molar-refractivity contribution in [2.45, 2.75) is 32.9 Å². The van der Waals surface area contributed by atoms with E-state index in [2.05, 4.69) is 34.2 Å². The second-order valence-electron chi connectivity index (χ2n) is 6.13. The van der Waals surface area contributed by atoms with Gasteiger partial charge in [0.25, 0.3) is 0 Å². The van der Waals surface area contributed by atoms with Gasteiger partial charge in [0.2, 0.25) is 11.8 Å². The van der Waals surface area contributed by atoms with E-state index in [1.807, 2.05) is 0 Å². The molecule has 1 aromatic rings. The van der Waals surface area contributed by atoms with Crippen molar-refractivity contribution in [2.75, 3.05) is 33.7 Å². The Balaban J connectivity index is 2.02. The van der Waals surface area contributed by atoms with Gasteiger partial charge in [-0.05, 0) is 5.92 Å². The Morgan fingerprint density at radius 3 is 2.95 bits per heavy atom. The molecule has 1 aliphatic heterocycles. The van der Waals surface area contributed by atoms with Crippen molar-refractivity contribution in [2.24, 2.45) is 5.92 Å². The monoisotopic (exact) mass is 295 g/mol. The Labute approximate surface area is 125 Å². The molecule has 0 aliphatic carbocycles. The van der Waals surface area contributed by atoms with Crippen molar-refractivity contribution in [3.8, 4) is 0 Å². The third-order valence-electron chi connectivity index (χ3n) is 3.52. The van der Waals surface area contributed by atoms with Gasteiger partial charge in [0.05, 0.1) is 6.54 Å². The number of hydrogen-bond donors (Lipinski definition) is 1. The quantitative estimate of drug-likeness (QED) is 0.832. The van der Waals surface area contributed by atoms with Crippen molar-refractivity contribution in [1.82, 2.24) is 25.3 Å². The van der Waals surface area contributed by atoms with Gasteiger partial charge in [-0.1, -0.05) is 19.0 Å². The van der Waals surface area contributed by atoms with Crippen LogP contribution in [0.15, 0.2) is 4.52 Å². The Morgan fingerprint density at radius 1 is 1.52 bits per heavy atom. The molecule has 7 nitrogen and oxygen atoms in total. The second-order valence-corrected chi connectivity index (χ2v) is 6.13. The average molecular weight is 295 g/mol. The number of aromatic nitrogens is 2. The number of nitrogens with one attached hydrogen (secondary N) is 1. The van der Waals surface area contributed by atoms with E-state index in [1.165, 1.54) is 0 Å². The molecule has 0 spiro atoms. The molecule has 1 amide bonds. The highest BCUT2D eigenvalue weighted by molar-refractivity contribution is 5.81. The van der Waals surface area contributed by atoms with Gasteiger partial charge < -0.3 is 14.7 Å². The van der Waals surface area contributed by atoms with Crippen LogP contribution in [0.2, 0.25) is 0 Å². The second kappa shape index (κ2) is 7.00. The van der Waals surface area contributed by atoms with Gasteiger partial charge in [0.1, 0.15) is 6.04 Å². The molecular formula is C14H25N5O2. The summed E-state index contributed by atoms with van der Waals surface area (Å²) < 4.78 is 5.26. The highest BCUT2D eigenvalue weighted by Gasteiger charge is 2.30. The molecule has 1 aliphatic rings. The normalized spacial score (nSPS) is 20.0. The molecule has 0 aromatic carbocycles. The predicted octanol–water partition coefficient (Wildman–Crippen LogP) is 0.130. The maximum atomic E-state index is 12.2. The van der Waals surface area contributed by atoms with Gasteiger partial charge in [-0.3, -0.25) is 9.69 Å². The molecule has 1 saturated heterocycles. The number of carbonyl (C=O) groups is 1. The number of nitrogens with zero attached hydrogens (tertiary/aromatic N) is 4. The molecule has 2 heterocycles. The molecule has 1 N–H and O–H groups in total. The van der Waals surface area contributed by atoms with Gasteiger partial charge in [-0.25, -0.2) is 0 Å². The zero-order valence-corrected chi connectivity index (χ0v) is 13.3. The lowest BCUT2D eigenvalue weighted by Crippen LogP contribution is -2.57. The van der Waals surface area contributed by atoms with Gasteiger partial charge in [0, 0.05) is 40.2 Å². The summed E-state index contributed by atoms with van der Waals surface area (Å²) in [6, 6.07) is -0.166. The van der Waals surface area contributed by atoms with Crippen molar-refractivity contribution in [1.29, 1.82) is 0 Å². The van der Waals surface area contributed by atoms with E-state index in [0.717, 1.165) is 19.5 Å². The summed E-state index contributed by atoms with van der Waals surface area (Å²) in [6.07, 6.45) is 0.786. The Morgan fingerprint density at radius 2 is 2.29 bits per heavy atom. The van der Waals surface area contributed by atoms with Crippen molar-refractivity contribution in [3.63, 3.8) is 0 Å². The molecule has 118 valence electrons. The summed E-state index contributed by atoms with van der Waals surface area (Å²) >= 11 is 0. The van der Waals surface area contributed by atoms with Crippen LogP contribution >= 0.6 is 0 Å². The summed E-state index contributed by atoms with van der Waals surface area (Å²) in [5, 5.41) is 7.29. The number of hydrogen-bond acceptors (Lipinski definition) is 6. The molecule has 0 radical (unpaired) electrons. The van der Waals surface area contributed by atoms with Crippen LogP contribution in [0.4, 0.5) is 0 Å². The Kier molecular flexibility index (Phi) is 5.30. The third-order valence-corrected chi connectivity index (χ3v) is 3.52. The molecule has 2 rings (SSSR count). The fourth-order valence-corrected chi connectivity index (χ4v) is 2.45. The average Bonchev–Trinajstić information content (AvgIpc) is 2.85. The van der Waals surface area contributed by atoms with Crippen molar-refractivity contribution in [3.05, 3.63) is 11.7 Å². The van der Waals surface area contributed by atoms with E-state index in [4.69, 9.17) is 4.52 Å². The minimum Gasteiger partial charge on any atom is -0.347 e. The maximum absolute atomic E-state index is 12.2. The van der Waals surface area contributed by atoms with Crippen LogP contribution in [0, 0.1) is 5.92 Å². The van der Waals surface area contributed by atoms with Crippen molar-refractivity contribution >= 4 is 5.91 Å². The van der Waals surface area contributed by atoms with Crippen LogP contribution in [-0.2, 0) is 17.8 Å². The lowest BCUT2D eigenvalue weighted by Gasteiger charge is -2.35. The van der Waals surface area contributed by atoms with Crippen LogP contribution in [-0.4, -0.2) is 65.6 Å². The third kappa shape index (κ3) is 4.25. The van der Waals surface area contributed by atoms with Crippen LogP contribution < -0.4 is 5.32 Å². The molecule has 0 saturated carbocycles. The minimum absolute atomic E-state index is 0.105. The summed E-state index contributed by atoms with van der Waals surface area (Å²) in [7, 11) is 3.56. The number of piperazine rings is 1. The zero-order chi connectivity index (χ0) is 15.4. The number of rotatable bonds is 5. The van der Waals surface area contributed by atoms with E-state index in [9.17, 15) is 4.79 Å². The fraction of sp³-hybridized carbons (Fsp3) is 0.786. The highest BCUT2D eigenvalue weighted by Crippen LogP contribution is 2.12. The van der Waals surface area contributed by atoms with Gasteiger partial charge >= 0.3 is 0 Å². The van der Waals surface area contributed by atoms with E-state index in [0.29, 0.717) is 30.7 Å². The van der Waals surface area contributed by atoms with E-state index >= 15 is 0 Å². The molecular weight excluding hydrogens is 270 g/mol. The summed E-state index contributed by atoms with van der Waals surface area (Å²) in [6.45, 7) is 7.12. The first-order chi connectivity index (χ1) is 9.97. The first kappa shape index (κ1) is 15.9. The van der Waals surface area contributed by atoms with Crippen LogP contribution in [0.5, 0.6) is 0 Å². The lowest BCUT2D eigenvalue weighted by molar-refractivity contribution is -0.135. The first-order valence-corrected chi connectivity index (χ1v) is 7.44. The maximum Gasteiger partial charge on any atom is 0.240 e. The Hall–Kier alpha value is -1.47. The molecule has 1 atom stereocenters. The minimum atomic E-state index is -0.166. The number of likely N-dealkylation sites (N-methyl/N-ethyl adjacent to an activating group) is 1. The molecule has 0 bridgehead atoms. The smallest absolute Gasteiger partial charge is 0.240 e. The van der Waals surface area contributed by atoms with Gasteiger partial charge in [-0.15, -0.1) is 0 Å². The van der Waals surface area contributed by atoms with E-state index < -0.39 is 0 Å². The van der Waals surface area contributed by atoms with Gasteiger partial charge in [-0.2, -0.15) is 4.98 Å². The summed E-state index contributed by atoms with van der Waals surface area (Å²) in [5.41, 5.74) is 0. The first-order valence-electron chi connectivity index (χ1n) is 7.44. The summed E-state index contributed by atoms with van der Waals surface area (Å²) in [5.74, 6) is 1.92. The molecule has 21 heavy (non-hydrogen) atoms. The lowest BCUT2D eigenvalue weighted by atomic mass is 10.1.